The van der Waals surface area contributed by atoms with Crippen molar-refractivity contribution in [3.8, 4) is 0 Å². The molecule has 0 aliphatic heterocycles. The maximum atomic E-state index is 13.6. The van der Waals surface area contributed by atoms with Crippen LogP contribution < -0.4 is 10.7 Å². The van der Waals surface area contributed by atoms with Crippen molar-refractivity contribution in [2.45, 2.75) is 19.8 Å². The van der Waals surface area contributed by atoms with Gasteiger partial charge >= 0.3 is 14.2 Å². The normalized spacial score (nSPS) is 12.4. The van der Waals surface area contributed by atoms with E-state index >= 15 is 0 Å². The van der Waals surface area contributed by atoms with Crippen LogP contribution in [0, 0.1) is 5.82 Å². The molecule has 1 rings (SSSR count). The summed E-state index contributed by atoms with van der Waals surface area (Å²) >= 11 is 0. The maximum Gasteiger partial charge on any atom is 0.488 e. The van der Waals surface area contributed by atoms with Gasteiger partial charge in [0.25, 0.3) is 0 Å². The van der Waals surface area contributed by atoms with Gasteiger partial charge in [-0.3, -0.25) is 0 Å². The molecule has 0 saturated heterocycles. The standard InChI is InChI=1S/C9H14B2FNO3/c1-6(13-10(2)14)8-4-3-7(11(15)16)5-9(8)12/h3-6,13-16H,1-2H3/t6-/m1/s1. The fourth-order valence-corrected chi connectivity index (χ4v) is 1.51. The van der Waals surface area contributed by atoms with Crippen molar-refractivity contribution < 1.29 is 19.5 Å². The van der Waals surface area contributed by atoms with Gasteiger partial charge in [-0.2, -0.15) is 0 Å². The lowest BCUT2D eigenvalue weighted by Gasteiger charge is -2.16. The van der Waals surface area contributed by atoms with Crippen LogP contribution in [0.3, 0.4) is 0 Å². The molecule has 7 heteroatoms. The minimum Gasteiger partial charge on any atom is -0.437 e. The zero-order chi connectivity index (χ0) is 12.3. The average molecular weight is 225 g/mol. The minimum atomic E-state index is -1.68. The molecule has 4 nitrogen and oxygen atoms in total. The summed E-state index contributed by atoms with van der Waals surface area (Å²) in [6.45, 7) is 3.25. The fourth-order valence-electron chi connectivity index (χ4n) is 1.51. The highest BCUT2D eigenvalue weighted by Gasteiger charge is 2.17. The van der Waals surface area contributed by atoms with Crippen molar-refractivity contribution in [2.24, 2.45) is 0 Å². The Hall–Kier alpha value is -0.880. The quantitative estimate of drug-likeness (QED) is 0.509. The first-order valence-electron chi connectivity index (χ1n) is 5.01. The summed E-state index contributed by atoms with van der Waals surface area (Å²) < 4.78 is 13.6. The lowest BCUT2D eigenvalue weighted by molar-refractivity contribution is 0.425. The van der Waals surface area contributed by atoms with Crippen LogP contribution in [-0.2, 0) is 0 Å². The van der Waals surface area contributed by atoms with Crippen LogP contribution in [0.25, 0.3) is 0 Å². The summed E-state index contributed by atoms with van der Waals surface area (Å²) in [5, 5.41) is 29.6. The lowest BCUT2D eigenvalue weighted by atomic mass is 9.79. The number of hydrogen-bond acceptors (Lipinski definition) is 4. The van der Waals surface area contributed by atoms with Crippen molar-refractivity contribution in [1.29, 1.82) is 0 Å². The van der Waals surface area contributed by atoms with Gasteiger partial charge in [-0.1, -0.05) is 12.1 Å². The molecule has 0 heterocycles. The Morgan fingerprint density at radius 2 is 1.94 bits per heavy atom. The molecule has 1 aromatic carbocycles. The Morgan fingerprint density at radius 3 is 2.38 bits per heavy atom. The predicted octanol–water partition coefficient (Wildman–Crippen LogP) is -0.734. The number of nitrogens with one attached hydrogen (secondary N) is 1. The topological polar surface area (TPSA) is 72.7 Å². The Morgan fingerprint density at radius 1 is 1.31 bits per heavy atom. The first-order chi connectivity index (χ1) is 7.41. The molecule has 1 atom stereocenters. The molecule has 1 aromatic rings. The third-order valence-electron chi connectivity index (χ3n) is 2.28. The third-order valence-corrected chi connectivity index (χ3v) is 2.28. The summed E-state index contributed by atoms with van der Waals surface area (Å²) in [5.41, 5.74) is 0.468. The summed E-state index contributed by atoms with van der Waals surface area (Å²) in [4.78, 5) is 0. The number of hydrogen-bond donors (Lipinski definition) is 4. The second kappa shape index (κ2) is 5.45. The molecule has 0 amide bonds. The molecule has 0 aromatic heterocycles. The van der Waals surface area contributed by atoms with Crippen LogP contribution in [0.1, 0.15) is 18.5 Å². The molecule has 0 spiro atoms. The Labute approximate surface area is 94.4 Å². The summed E-state index contributed by atoms with van der Waals surface area (Å²) in [5.74, 6) is -0.536. The van der Waals surface area contributed by atoms with E-state index in [1.54, 1.807) is 13.7 Å². The van der Waals surface area contributed by atoms with Gasteiger partial charge < -0.3 is 20.3 Å². The van der Waals surface area contributed by atoms with Crippen LogP contribution in [0.2, 0.25) is 6.82 Å². The Bertz CT molecular complexity index is 363. The molecule has 16 heavy (non-hydrogen) atoms. The first kappa shape index (κ1) is 13.2. The van der Waals surface area contributed by atoms with Gasteiger partial charge in [-0.05, 0) is 25.3 Å². The molecule has 0 aliphatic carbocycles. The van der Waals surface area contributed by atoms with Gasteiger partial charge in [-0.15, -0.1) is 0 Å². The van der Waals surface area contributed by atoms with Gasteiger partial charge in [0.05, 0.1) is 0 Å². The molecule has 0 bridgehead atoms. The highest BCUT2D eigenvalue weighted by Crippen LogP contribution is 2.15. The van der Waals surface area contributed by atoms with E-state index in [4.69, 9.17) is 15.1 Å². The number of benzene rings is 1. The van der Waals surface area contributed by atoms with Crippen LogP contribution >= 0.6 is 0 Å². The zero-order valence-electron chi connectivity index (χ0n) is 9.18. The highest BCUT2D eigenvalue weighted by atomic mass is 19.1. The predicted molar refractivity (Wildman–Crippen MR) is 61.6 cm³/mol. The fraction of sp³-hybridized carbons (Fsp3) is 0.333. The van der Waals surface area contributed by atoms with E-state index in [9.17, 15) is 4.39 Å². The molecule has 0 saturated carbocycles. The summed E-state index contributed by atoms with van der Waals surface area (Å²) in [6, 6.07) is 3.61. The van der Waals surface area contributed by atoms with Gasteiger partial charge in [0.2, 0.25) is 0 Å². The molecule has 0 fully saturated rings. The smallest absolute Gasteiger partial charge is 0.437 e. The van der Waals surface area contributed by atoms with Gasteiger partial charge in [0, 0.05) is 11.6 Å². The van der Waals surface area contributed by atoms with E-state index in [-0.39, 0.29) is 11.5 Å². The van der Waals surface area contributed by atoms with Crippen LogP contribution in [0.15, 0.2) is 18.2 Å². The van der Waals surface area contributed by atoms with Crippen LogP contribution in [-0.4, -0.2) is 29.2 Å². The molecule has 4 N–H and O–H groups in total. The monoisotopic (exact) mass is 225 g/mol. The SMILES string of the molecule is CB(O)N[C@H](C)c1ccc(B(O)O)cc1F. The molecular formula is C9H14B2FNO3. The van der Waals surface area contributed by atoms with E-state index in [1.807, 2.05) is 0 Å². The number of halogens is 1. The van der Waals surface area contributed by atoms with Crippen molar-refractivity contribution in [3.05, 3.63) is 29.6 Å². The van der Waals surface area contributed by atoms with Crippen molar-refractivity contribution in [3.63, 3.8) is 0 Å². The molecule has 0 aliphatic rings. The molecule has 86 valence electrons. The largest absolute Gasteiger partial charge is 0.488 e. The Kier molecular flexibility index (Phi) is 4.49. The lowest BCUT2D eigenvalue weighted by Crippen LogP contribution is -2.34. The average Bonchev–Trinajstić information content (AvgIpc) is 2.15. The summed E-state index contributed by atoms with van der Waals surface area (Å²) in [6.07, 6.45) is 0. The highest BCUT2D eigenvalue weighted by molar-refractivity contribution is 6.58. The Balaban J connectivity index is 2.90. The van der Waals surface area contributed by atoms with Gasteiger partial charge in [0.15, 0.2) is 0 Å². The third kappa shape index (κ3) is 3.31. The maximum absolute atomic E-state index is 13.6. The molecular weight excluding hydrogens is 211 g/mol. The van der Waals surface area contributed by atoms with E-state index < -0.39 is 20.0 Å². The molecule has 0 radical (unpaired) electrons. The van der Waals surface area contributed by atoms with E-state index in [2.05, 4.69) is 5.23 Å². The van der Waals surface area contributed by atoms with Crippen molar-refractivity contribution in [1.82, 2.24) is 5.23 Å². The van der Waals surface area contributed by atoms with Crippen molar-refractivity contribution >= 4 is 19.6 Å². The van der Waals surface area contributed by atoms with Gasteiger partial charge in [0.1, 0.15) is 5.82 Å². The van der Waals surface area contributed by atoms with E-state index in [0.717, 1.165) is 6.07 Å². The van der Waals surface area contributed by atoms with Crippen molar-refractivity contribution in [2.75, 3.05) is 0 Å². The molecule has 0 unspecified atom stereocenters. The van der Waals surface area contributed by atoms with Crippen LogP contribution in [0.5, 0.6) is 0 Å². The summed E-state index contributed by atoms with van der Waals surface area (Å²) in [7, 11) is -2.42. The second-order valence-electron chi connectivity index (χ2n) is 3.72. The minimum absolute atomic E-state index is 0.102. The van der Waals surface area contributed by atoms with E-state index in [0.29, 0.717) is 5.56 Å². The van der Waals surface area contributed by atoms with Crippen LogP contribution in [0.4, 0.5) is 4.39 Å². The number of rotatable bonds is 4. The first-order valence-corrected chi connectivity index (χ1v) is 5.01. The second-order valence-corrected chi connectivity index (χ2v) is 3.72. The van der Waals surface area contributed by atoms with E-state index in [1.165, 1.54) is 12.1 Å². The zero-order valence-corrected chi connectivity index (χ0v) is 9.18. The van der Waals surface area contributed by atoms with Gasteiger partial charge in [-0.25, -0.2) is 4.39 Å².